The van der Waals surface area contributed by atoms with Crippen molar-refractivity contribution in [3.8, 4) is 17.2 Å². The van der Waals surface area contributed by atoms with Gasteiger partial charge in [0, 0.05) is 31.0 Å². The lowest BCUT2D eigenvalue weighted by Crippen LogP contribution is -2.39. The van der Waals surface area contributed by atoms with Crippen LogP contribution in [-0.2, 0) is 6.42 Å². The van der Waals surface area contributed by atoms with E-state index in [9.17, 15) is 0 Å². The molecular weight excluding hydrogens is 479 g/mol. The zero-order chi connectivity index (χ0) is 18.2. The SMILES string of the molecule is CCNC(=NCCc1csc(C)n1)NCCOc1ccc2c(c1)OCO2.I. The summed E-state index contributed by atoms with van der Waals surface area (Å²) in [6.45, 7) is 7.01. The molecule has 0 fully saturated rings. The highest BCUT2D eigenvalue weighted by Gasteiger charge is 2.13. The summed E-state index contributed by atoms with van der Waals surface area (Å²) in [5.74, 6) is 3.03. The lowest BCUT2D eigenvalue weighted by Gasteiger charge is -2.12. The number of guanidine groups is 1. The molecule has 0 aliphatic carbocycles. The number of fused-ring (bicyclic) bond motifs is 1. The van der Waals surface area contributed by atoms with Gasteiger partial charge in [-0.25, -0.2) is 4.98 Å². The summed E-state index contributed by atoms with van der Waals surface area (Å²) in [5.41, 5.74) is 1.10. The summed E-state index contributed by atoms with van der Waals surface area (Å²) < 4.78 is 16.4. The maximum Gasteiger partial charge on any atom is 0.231 e. The Morgan fingerprint density at radius 2 is 2.15 bits per heavy atom. The van der Waals surface area contributed by atoms with E-state index < -0.39 is 0 Å². The Bertz CT molecular complexity index is 754. The van der Waals surface area contributed by atoms with Gasteiger partial charge in [0.05, 0.1) is 17.2 Å². The van der Waals surface area contributed by atoms with E-state index in [-0.39, 0.29) is 30.8 Å². The van der Waals surface area contributed by atoms with Gasteiger partial charge in [0.15, 0.2) is 17.5 Å². The van der Waals surface area contributed by atoms with Crippen LogP contribution in [0.15, 0.2) is 28.6 Å². The Labute approximate surface area is 180 Å². The Balaban J connectivity index is 0.00000261. The minimum Gasteiger partial charge on any atom is -0.492 e. The summed E-state index contributed by atoms with van der Waals surface area (Å²) in [4.78, 5) is 9.03. The monoisotopic (exact) mass is 504 g/mol. The lowest BCUT2D eigenvalue weighted by atomic mass is 10.3. The standard InChI is InChI=1S/C18H24N4O3S.HI/c1-3-19-18(20-7-6-14-11-26-13(2)22-14)21-8-9-23-15-4-5-16-17(10-15)25-12-24-16;/h4-5,10-11H,3,6-9,12H2,1-2H3,(H2,19,20,21);1H. The third-order valence-electron chi connectivity index (χ3n) is 3.66. The van der Waals surface area contributed by atoms with Crippen molar-refractivity contribution in [3.05, 3.63) is 34.3 Å². The fourth-order valence-corrected chi connectivity index (χ4v) is 3.10. The minimum atomic E-state index is 0. The third-order valence-corrected chi connectivity index (χ3v) is 4.48. The first kappa shape index (κ1) is 21.5. The summed E-state index contributed by atoms with van der Waals surface area (Å²) >= 11 is 1.67. The normalized spacial score (nSPS) is 12.4. The van der Waals surface area contributed by atoms with Crippen LogP contribution in [0.2, 0.25) is 0 Å². The molecule has 0 radical (unpaired) electrons. The molecule has 0 amide bonds. The van der Waals surface area contributed by atoms with Crippen LogP contribution < -0.4 is 24.8 Å². The second-order valence-corrected chi connectivity index (χ2v) is 6.72. The van der Waals surface area contributed by atoms with Gasteiger partial charge in [-0.3, -0.25) is 4.99 Å². The van der Waals surface area contributed by atoms with Gasteiger partial charge in [0.2, 0.25) is 6.79 Å². The van der Waals surface area contributed by atoms with Gasteiger partial charge >= 0.3 is 0 Å². The molecule has 2 N–H and O–H groups in total. The predicted octanol–water partition coefficient (Wildman–Crippen LogP) is 2.97. The van der Waals surface area contributed by atoms with Crippen LogP contribution in [0, 0.1) is 6.92 Å². The van der Waals surface area contributed by atoms with Gasteiger partial charge < -0.3 is 24.8 Å². The molecule has 3 rings (SSSR count). The Hall–Kier alpha value is -1.75. The van der Waals surface area contributed by atoms with E-state index in [4.69, 9.17) is 14.2 Å². The van der Waals surface area contributed by atoms with Crippen LogP contribution in [-0.4, -0.2) is 44.0 Å². The molecule has 1 aromatic carbocycles. The highest BCUT2D eigenvalue weighted by molar-refractivity contribution is 14.0. The number of halogens is 1. The molecule has 1 aliphatic heterocycles. The molecule has 148 valence electrons. The number of nitrogens with zero attached hydrogens (tertiary/aromatic N) is 2. The number of thiazole rings is 1. The van der Waals surface area contributed by atoms with E-state index in [0.29, 0.717) is 19.7 Å². The molecule has 2 heterocycles. The van der Waals surface area contributed by atoms with Crippen LogP contribution in [0.5, 0.6) is 17.2 Å². The molecule has 0 spiro atoms. The van der Waals surface area contributed by atoms with Crippen LogP contribution >= 0.6 is 35.3 Å². The summed E-state index contributed by atoms with van der Waals surface area (Å²) in [6, 6.07) is 5.58. The second kappa shape index (κ2) is 11.2. The molecular formula is C18H25IN4O3S. The van der Waals surface area contributed by atoms with E-state index in [1.165, 1.54) is 0 Å². The maximum absolute atomic E-state index is 5.75. The molecule has 7 nitrogen and oxygen atoms in total. The van der Waals surface area contributed by atoms with E-state index in [1.807, 2.05) is 32.0 Å². The zero-order valence-electron chi connectivity index (χ0n) is 15.5. The maximum atomic E-state index is 5.75. The number of aromatic nitrogens is 1. The Morgan fingerprint density at radius 3 is 2.93 bits per heavy atom. The first-order valence-corrected chi connectivity index (χ1v) is 9.58. The van der Waals surface area contributed by atoms with Crippen LogP contribution in [0.4, 0.5) is 0 Å². The Morgan fingerprint density at radius 1 is 1.30 bits per heavy atom. The van der Waals surface area contributed by atoms with Crippen LogP contribution in [0.3, 0.4) is 0 Å². The molecule has 0 unspecified atom stereocenters. The van der Waals surface area contributed by atoms with Gasteiger partial charge in [-0.15, -0.1) is 35.3 Å². The first-order chi connectivity index (χ1) is 12.7. The number of rotatable bonds is 8. The summed E-state index contributed by atoms with van der Waals surface area (Å²) in [6.07, 6.45) is 0.842. The van der Waals surface area contributed by atoms with Gasteiger partial charge in [-0.1, -0.05) is 0 Å². The van der Waals surface area contributed by atoms with Gasteiger partial charge in [0.25, 0.3) is 0 Å². The average Bonchev–Trinajstić information content (AvgIpc) is 3.27. The Kier molecular flexibility index (Phi) is 8.92. The smallest absolute Gasteiger partial charge is 0.231 e. The van der Waals surface area contributed by atoms with Crippen molar-refractivity contribution in [1.82, 2.24) is 15.6 Å². The summed E-state index contributed by atoms with van der Waals surface area (Å²) in [5, 5.41) is 9.69. The highest BCUT2D eigenvalue weighted by atomic mass is 127. The van der Waals surface area contributed by atoms with E-state index in [0.717, 1.165) is 46.9 Å². The number of hydrogen-bond acceptors (Lipinski definition) is 6. The third kappa shape index (κ3) is 6.73. The zero-order valence-corrected chi connectivity index (χ0v) is 18.6. The molecule has 0 atom stereocenters. The van der Waals surface area contributed by atoms with E-state index in [2.05, 4.69) is 26.0 Å². The second-order valence-electron chi connectivity index (χ2n) is 5.66. The van der Waals surface area contributed by atoms with Crippen LogP contribution in [0.25, 0.3) is 0 Å². The molecule has 0 saturated heterocycles. The van der Waals surface area contributed by atoms with Crippen molar-refractivity contribution in [2.75, 3.05) is 33.0 Å². The number of benzene rings is 1. The van der Waals surface area contributed by atoms with Gasteiger partial charge in [-0.05, 0) is 26.0 Å². The fraction of sp³-hybridized carbons (Fsp3) is 0.444. The molecule has 1 aliphatic rings. The van der Waals surface area contributed by atoms with Gasteiger partial charge in [-0.2, -0.15) is 0 Å². The average molecular weight is 504 g/mol. The van der Waals surface area contributed by atoms with E-state index >= 15 is 0 Å². The van der Waals surface area contributed by atoms with Crippen LogP contribution in [0.1, 0.15) is 17.6 Å². The molecule has 0 bridgehead atoms. The number of nitrogens with one attached hydrogen (secondary N) is 2. The van der Waals surface area contributed by atoms with Crippen molar-refractivity contribution in [2.45, 2.75) is 20.3 Å². The largest absolute Gasteiger partial charge is 0.492 e. The minimum absolute atomic E-state index is 0. The molecule has 9 heteroatoms. The number of aliphatic imine (C=N–C) groups is 1. The van der Waals surface area contributed by atoms with Crippen molar-refractivity contribution < 1.29 is 14.2 Å². The molecule has 27 heavy (non-hydrogen) atoms. The molecule has 1 aromatic heterocycles. The van der Waals surface area contributed by atoms with Gasteiger partial charge in [0.1, 0.15) is 12.4 Å². The number of aryl methyl sites for hydroxylation is 1. The summed E-state index contributed by atoms with van der Waals surface area (Å²) in [7, 11) is 0. The van der Waals surface area contributed by atoms with E-state index in [1.54, 1.807) is 11.3 Å². The first-order valence-electron chi connectivity index (χ1n) is 8.70. The number of hydrogen-bond donors (Lipinski definition) is 2. The lowest BCUT2D eigenvalue weighted by molar-refractivity contribution is 0.173. The van der Waals surface area contributed by atoms with Crippen molar-refractivity contribution in [1.29, 1.82) is 0 Å². The van der Waals surface area contributed by atoms with Crippen molar-refractivity contribution in [2.24, 2.45) is 4.99 Å². The molecule has 2 aromatic rings. The predicted molar refractivity (Wildman–Crippen MR) is 118 cm³/mol. The highest BCUT2D eigenvalue weighted by Crippen LogP contribution is 2.34. The topological polar surface area (TPSA) is 77.0 Å². The van der Waals surface area contributed by atoms with Crippen molar-refractivity contribution in [3.63, 3.8) is 0 Å². The molecule has 0 saturated carbocycles. The fourth-order valence-electron chi connectivity index (χ4n) is 2.45. The quantitative estimate of drug-likeness (QED) is 0.249. The number of ether oxygens (including phenoxy) is 3. The van der Waals surface area contributed by atoms with Crippen molar-refractivity contribution >= 4 is 41.3 Å².